The molecule has 0 saturated heterocycles. The molecular formula is C17H27NO. The third-order valence-corrected chi connectivity index (χ3v) is 4.37. The summed E-state index contributed by atoms with van der Waals surface area (Å²) in [6.07, 6.45) is 6.81. The summed E-state index contributed by atoms with van der Waals surface area (Å²) >= 11 is 0. The van der Waals surface area contributed by atoms with Crippen LogP contribution in [0.1, 0.15) is 63.1 Å². The number of aryl methyl sites for hydroxylation is 1. The second-order valence-corrected chi connectivity index (χ2v) is 5.92. The van der Waals surface area contributed by atoms with Gasteiger partial charge in [0.05, 0.1) is 0 Å². The third kappa shape index (κ3) is 3.50. The van der Waals surface area contributed by atoms with Gasteiger partial charge in [0.15, 0.2) is 0 Å². The monoisotopic (exact) mass is 261 g/mol. The smallest absolute Gasteiger partial charge is 0.122 e. The quantitative estimate of drug-likeness (QED) is 0.874. The zero-order valence-corrected chi connectivity index (χ0v) is 12.5. The summed E-state index contributed by atoms with van der Waals surface area (Å²) in [5.74, 6) is 1.76. The van der Waals surface area contributed by atoms with Crippen molar-refractivity contribution >= 4 is 0 Å². The van der Waals surface area contributed by atoms with Gasteiger partial charge in [0.2, 0.25) is 0 Å². The number of rotatable bonds is 4. The molecule has 1 fully saturated rings. The highest BCUT2D eigenvalue weighted by molar-refractivity contribution is 5.37. The number of nitrogens with two attached hydrogens (primary N) is 1. The first-order valence-electron chi connectivity index (χ1n) is 7.64. The molecule has 0 amide bonds. The van der Waals surface area contributed by atoms with Crippen LogP contribution in [-0.4, -0.2) is 6.10 Å². The zero-order chi connectivity index (χ0) is 13.8. The maximum Gasteiger partial charge on any atom is 0.122 e. The summed E-state index contributed by atoms with van der Waals surface area (Å²) < 4.78 is 6.28. The average molecular weight is 261 g/mol. The van der Waals surface area contributed by atoms with Crippen LogP contribution in [0.3, 0.4) is 0 Å². The minimum atomic E-state index is 0.0887. The summed E-state index contributed by atoms with van der Waals surface area (Å²) in [7, 11) is 0. The van der Waals surface area contributed by atoms with Gasteiger partial charge >= 0.3 is 0 Å². The molecule has 1 saturated carbocycles. The van der Waals surface area contributed by atoms with Crippen LogP contribution in [0.4, 0.5) is 0 Å². The summed E-state index contributed by atoms with van der Waals surface area (Å²) in [4.78, 5) is 0. The normalized spacial score (nSPS) is 25.1. The van der Waals surface area contributed by atoms with Crippen molar-refractivity contribution in [3.8, 4) is 5.75 Å². The van der Waals surface area contributed by atoms with E-state index >= 15 is 0 Å². The summed E-state index contributed by atoms with van der Waals surface area (Å²) in [5.41, 5.74) is 8.30. The molecule has 1 aliphatic carbocycles. The van der Waals surface area contributed by atoms with Crippen molar-refractivity contribution in [1.29, 1.82) is 0 Å². The average Bonchev–Trinajstić information content (AvgIpc) is 2.41. The molecule has 3 atom stereocenters. The molecular weight excluding hydrogens is 234 g/mol. The van der Waals surface area contributed by atoms with Gasteiger partial charge in [-0.15, -0.1) is 0 Å². The Kier molecular flexibility index (Phi) is 4.87. The van der Waals surface area contributed by atoms with E-state index in [4.69, 9.17) is 10.5 Å². The lowest BCUT2D eigenvalue weighted by atomic mass is 9.84. The molecule has 2 heteroatoms. The standard InChI is InChI=1S/C17H27NO/c1-4-14-7-5-6-8-17(14)19-16-10-9-15(13(3)18)11-12(16)2/h9-11,13-14,17H,4-8,18H2,1-3H3. The molecule has 0 heterocycles. The van der Waals surface area contributed by atoms with Gasteiger partial charge in [0.25, 0.3) is 0 Å². The summed E-state index contributed by atoms with van der Waals surface area (Å²) in [5, 5.41) is 0. The molecule has 0 bridgehead atoms. The van der Waals surface area contributed by atoms with Gasteiger partial charge in [-0.3, -0.25) is 0 Å². The van der Waals surface area contributed by atoms with E-state index in [-0.39, 0.29) is 6.04 Å². The maximum atomic E-state index is 6.28. The van der Waals surface area contributed by atoms with Crippen LogP contribution >= 0.6 is 0 Å². The Morgan fingerprint density at radius 1 is 1.32 bits per heavy atom. The Morgan fingerprint density at radius 3 is 2.68 bits per heavy atom. The fourth-order valence-electron chi connectivity index (χ4n) is 3.05. The zero-order valence-electron chi connectivity index (χ0n) is 12.5. The number of hydrogen-bond acceptors (Lipinski definition) is 2. The minimum absolute atomic E-state index is 0.0887. The maximum absolute atomic E-state index is 6.28. The lowest BCUT2D eigenvalue weighted by Crippen LogP contribution is -2.30. The topological polar surface area (TPSA) is 35.2 Å². The predicted molar refractivity (Wildman–Crippen MR) is 80.4 cm³/mol. The van der Waals surface area contributed by atoms with Gasteiger partial charge in [0, 0.05) is 6.04 Å². The lowest BCUT2D eigenvalue weighted by molar-refractivity contribution is 0.0897. The van der Waals surface area contributed by atoms with Gasteiger partial charge in [-0.25, -0.2) is 0 Å². The highest BCUT2D eigenvalue weighted by Gasteiger charge is 2.25. The molecule has 2 N–H and O–H groups in total. The van der Waals surface area contributed by atoms with E-state index < -0.39 is 0 Å². The second kappa shape index (κ2) is 6.42. The molecule has 3 unspecified atom stereocenters. The van der Waals surface area contributed by atoms with E-state index in [0.717, 1.165) is 11.7 Å². The Hall–Kier alpha value is -1.02. The summed E-state index contributed by atoms with van der Waals surface area (Å²) in [6, 6.07) is 6.43. The van der Waals surface area contributed by atoms with Crippen molar-refractivity contribution < 1.29 is 4.74 Å². The Morgan fingerprint density at radius 2 is 2.05 bits per heavy atom. The molecule has 1 aliphatic rings. The van der Waals surface area contributed by atoms with E-state index in [0.29, 0.717) is 6.10 Å². The van der Waals surface area contributed by atoms with Gasteiger partial charge in [-0.2, -0.15) is 0 Å². The predicted octanol–water partition coefficient (Wildman–Crippen LogP) is 4.36. The fraction of sp³-hybridized carbons (Fsp3) is 0.647. The molecule has 0 aliphatic heterocycles. The number of ether oxygens (including phenoxy) is 1. The van der Waals surface area contributed by atoms with Crippen LogP contribution in [0, 0.1) is 12.8 Å². The number of hydrogen-bond donors (Lipinski definition) is 1. The summed E-state index contributed by atoms with van der Waals surface area (Å²) in [6.45, 7) is 6.41. The molecule has 0 radical (unpaired) electrons. The third-order valence-electron chi connectivity index (χ3n) is 4.37. The largest absolute Gasteiger partial charge is 0.490 e. The molecule has 1 aromatic rings. The molecule has 1 aromatic carbocycles. The van der Waals surface area contributed by atoms with E-state index in [1.807, 2.05) is 6.92 Å². The van der Waals surface area contributed by atoms with Crippen molar-refractivity contribution in [2.45, 2.75) is 65.0 Å². The highest BCUT2D eigenvalue weighted by Crippen LogP contribution is 2.32. The van der Waals surface area contributed by atoms with Crippen molar-refractivity contribution in [1.82, 2.24) is 0 Å². The van der Waals surface area contributed by atoms with E-state index in [9.17, 15) is 0 Å². The first-order valence-corrected chi connectivity index (χ1v) is 7.64. The van der Waals surface area contributed by atoms with Crippen LogP contribution in [0.15, 0.2) is 18.2 Å². The van der Waals surface area contributed by atoms with Crippen molar-refractivity contribution in [3.05, 3.63) is 29.3 Å². The molecule has 0 aromatic heterocycles. The van der Waals surface area contributed by atoms with E-state index in [2.05, 4.69) is 32.0 Å². The number of benzene rings is 1. The Bertz CT molecular complexity index is 414. The van der Waals surface area contributed by atoms with Crippen LogP contribution in [0.2, 0.25) is 0 Å². The molecule has 2 rings (SSSR count). The Balaban J connectivity index is 2.09. The van der Waals surface area contributed by atoms with Gasteiger partial charge in [-0.05, 0) is 62.6 Å². The fourth-order valence-corrected chi connectivity index (χ4v) is 3.05. The van der Waals surface area contributed by atoms with Crippen LogP contribution in [-0.2, 0) is 0 Å². The van der Waals surface area contributed by atoms with Gasteiger partial charge < -0.3 is 10.5 Å². The SMILES string of the molecule is CCC1CCCCC1Oc1ccc(C(C)N)cc1C. The van der Waals surface area contributed by atoms with Crippen LogP contribution in [0.5, 0.6) is 5.75 Å². The van der Waals surface area contributed by atoms with Crippen LogP contribution < -0.4 is 10.5 Å². The van der Waals surface area contributed by atoms with Crippen molar-refractivity contribution in [3.63, 3.8) is 0 Å². The van der Waals surface area contributed by atoms with E-state index in [1.165, 1.54) is 43.2 Å². The van der Waals surface area contributed by atoms with Crippen molar-refractivity contribution in [2.75, 3.05) is 0 Å². The minimum Gasteiger partial charge on any atom is -0.490 e. The van der Waals surface area contributed by atoms with Crippen LogP contribution in [0.25, 0.3) is 0 Å². The highest BCUT2D eigenvalue weighted by atomic mass is 16.5. The van der Waals surface area contributed by atoms with Crippen molar-refractivity contribution in [2.24, 2.45) is 11.7 Å². The van der Waals surface area contributed by atoms with E-state index in [1.54, 1.807) is 0 Å². The lowest BCUT2D eigenvalue weighted by Gasteiger charge is -2.31. The first kappa shape index (κ1) is 14.4. The Labute approximate surface area is 117 Å². The molecule has 106 valence electrons. The first-order chi connectivity index (χ1) is 9.11. The molecule has 0 spiro atoms. The molecule has 19 heavy (non-hydrogen) atoms. The molecule has 2 nitrogen and oxygen atoms in total. The van der Waals surface area contributed by atoms with Gasteiger partial charge in [-0.1, -0.05) is 25.5 Å². The van der Waals surface area contributed by atoms with Gasteiger partial charge in [0.1, 0.15) is 11.9 Å². The second-order valence-electron chi connectivity index (χ2n) is 5.92.